The summed E-state index contributed by atoms with van der Waals surface area (Å²) in [4.78, 5) is 36.9. The molecule has 0 bridgehead atoms. The number of rotatable bonds is 5. The van der Waals surface area contributed by atoms with Crippen LogP contribution in [0.1, 0.15) is 40.5 Å². The average molecular weight is 412 g/mol. The normalized spacial score (nSPS) is 13.1. The third-order valence-corrected chi connectivity index (χ3v) is 4.84. The number of hydrogen-bond acceptors (Lipinski definition) is 6. The molecule has 2 N–H and O–H groups in total. The first-order valence-corrected chi connectivity index (χ1v) is 9.52. The van der Waals surface area contributed by atoms with Crippen LogP contribution in [0.2, 0.25) is 0 Å². The lowest BCUT2D eigenvalue weighted by molar-refractivity contribution is -0.384. The van der Waals surface area contributed by atoms with Crippen LogP contribution in [-0.2, 0) is 0 Å². The maximum Gasteiger partial charge on any atom is 0.293 e. The largest absolute Gasteiger partial charge is 0.366 e. The van der Waals surface area contributed by atoms with Gasteiger partial charge in [0.25, 0.3) is 11.6 Å². The molecule has 0 radical (unpaired) electrons. The Bertz CT molecular complexity index is 986. The minimum atomic E-state index is -0.554. The Labute approximate surface area is 173 Å². The molecule has 9 heteroatoms. The maximum atomic E-state index is 12.5. The van der Waals surface area contributed by atoms with E-state index >= 15 is 0 Å². The standard InChI is InChI=1S/C20H20N4O4S/c1-13(25)14-5-4-6-16(11-14)21-20(29)22-19(26)15-7-8-17(18(12-15)24(27)28)23-9-2-3-10-23/h4-8,11-12H,2-3,9-10H2,1H3,(H2,21,22,26,29). The Kier molecular flexibility index (Phi) is 6.18. The van der Waals surface area contributed by atoms with Crippen LogP contribution in [0.3, 0.4) is 0 Å². The van der Waals surface area contributed by atoms with Crippen molar-refractivity contribution in [2.24, 2.45) is 0 Å². The molecule has 1 amide bonds. The Balaban J connectivity index is 1.72. The van der Waals surface area contributed by atoms with Gasteiger partial charge < -0.3 is 10.2 Å². The van der Waals surface area contributed by atoms with E-state index in [4.69, 9.17) is 12.2 Å². The molecule has 3 rings (SSSR count). The second-order valence-electron chi connectivity index (χ2n) is 6.70. The molecule has 0 aromatic heterocycles. The molecule has 0 unspecified atom stereocenters. The highest BCUT2D eigenvalue weighted by Crippen LogP contribution is 2.31. The number of nitrogens with one attached hydrogen (secondary N) is 2. The lowest BCUT2D eigenvalue weighted by Crippen LogP contribution is -2.34. The Morgan fingerprint density at radius 2 is 1.83 bits per heavy atom. The number of Topliss-reactive ketones (excluding diaryl/α,β-unsaturated/α-hetero) is 1. The molecule has 0 saturated carbocycles. The second kappa shape index (κ2) is 8.78. The van der Waals surface area contributed by atoms with Crippen molar-refractivity contribution in [1.82, 2.24) is 5.32 Å². The van der Waals surface area contributed by atoms with Crippen molar-refractivity contribution < 1.29 is 14.5 Å². The minimum absolute atomic E-state index is 0.0296. The van der Waals surface area contributed by atoms with Crippen molar-refractivity contribution in [3.8, 4) is 0 Å². The molecule has 1 fully saturated rings. The molecule has 0 spiro atoms. The fraction of sp³-hybridized carbons (Fsp3) is 0.250. The van der Waals surface area contributed by atoms with Gasteiger partial charge in [-0.25, -0.2) is 0 Å². The highest BCUT2D eigenvalue weighted by Gasteiger charge is 2.24. The van der Waals surface area contributed by atoms with Crippen LogP contribution in [0.25, 0.3) is 0 Å². The number of carbonyl (C=O) groups excluding carboxylic acids is 2. The van der Waals surface area contributed by atoms with E-state index in [1.54, 1.807) is 36.4 Å². The first kappa shape index (κ1) is 20.4. The Morgan fingerprint density at radius 1 is 1.10 bits per heavy atom. The summed E-state index contributed by atoms with van der Waals surface area (Å²) < 4.78 is 0. The molecule has 2 aromatic rings. The molecule has 0 atom stereocenters. The van der Waals surface area contributed by atoms with Crippen molar-refractivity contribution in [2.45, 2.75) is 19.8 Å². The van der Waals surface area contributed by atoms with Crippen LogP contribution >= 0.6 is 12.2 Å². The maximum absolute atomic E-state index is 12.5. The fourth-order valence-corrected chi connectivity index (χ4v) is 3.40. The van der Waals surface area contributed by atoms with Crippen LogP contribution in [0.4, 0.5) is 17.1 Å². The molecule has 0 aliphatic carbocycles. The van der Waals surface area contributed by atoms with Crippen LogP contribution in [0.5, 0.6) is 0 Å². The number of ketones is 1. The topological polar surface area (TPSA) is 105 Å². The number of thiocarbonyl (C=S) groups is 1. The zero-order valence-corrected chi connectivity index (χ0v) is 16.6. The van der Waals surface area contributed by atoms with Gasteiger partial charge in [-0.3, -0.25) is 25.0 Å². The summed E-state index contributed by atoms with van der Waals surface area (Å²) >= 11 is 5.15. The van der Waals surface area contributed by atoms with E-state index in [2.05, 4.69) is 10.6 Å². The molecular formula is C20H20N4O4S. The van der Waals surface area contributed by atoms with Gasteiger partial charge in [-0.2, -0.15) is 0 Å². The summed E-state index contributed by atoms with van der Waals surface area (Å²) in [7, 11) is 0. The van der Waals surface area contributed by atoms with Gasteiger partial charge in [-0.1, -0.05) is 12.1 Å². The first-order valence-electron chi connectivity index (χ1n) is 9.12. The van der Waals surface area contributed by atoms with Crippen molar-refractivity contribution in [3.05, 3.63) is 63.7 Å². The molecule has 29 heavy (non-hydrogen) atoms. The van der Waals surface area contributed by atoms with Crippen molar-refractivity contribution >= 4 is 46.1 Å². The number of nitro groups is 1. The van der Waals surface area contributed by atoms with Gasteiger partial charge in [-0.15, -0.1) is 0 Å². The zero-order chi connectivity index (χ0) is 21.0. The number of nitrogens with zero attached hydrogens (tertiary/aromatic N) is 2. The van der Waals surface area contributed by atoms with E-state index in [1.165, 1.54) is 13.0 Å². The average Bonchev–Trinajstić information content (AvgIpc) is 3.22. The molecule has 1 heterocycles. The number of amides is 1. The highest BCUT2D eigenvalue weighted by atomic mass is 32.1. The van der Waals surface area contributed by atoms with E-state index in [0.717, 1.165) is 25.9 Å². The molecule has 1 aliphatic heterocycles. The summed E-state index contributed by atoms with van der Waals surface area (Å²) in [6.07, 6.45) is 1.98. The number of nitro benzene ring substituents is 1. The van der Waals surface area contributed by atoms with Gasteiger partial charge in [-0.05, 0) is 56.2 Å². The van der Waals surface area contributed by atoms with Crippen molar-refractivity contribution in [2.75, 3.05) is 23.3 Å². The van der Waals surface area contributed by atoms with Crippen molar-refractivity contribution in [3.63, 3.8) is 0 Å². The van der Waals surface area contributed by atoms with E-state index in [9.17, 15) is 19.7 Å². The van der Waals surface area contributed by atoms with Crippen LogP contribution in [-0.4, -0.2) is 34.8 Å². The molecule has 2 aromatic carbocycles. The van der Waals surface area contributed by atoms with Gasteiger partial charge >= 0.3 is 0 Å². The minimum Gasteiger partial charge on any atom is -0.366 e. The highest BCUT2D eigenvalue weighted by molar-refractivity contribution is 7.80. The van der Waals surface area contributed by atoms with E-state index < -0.39 is 10.8 Å². The van der Waals surface area contributed by atoms with Crippen LogP contribution in [0, 0.1) is 10.1 Å². The van der Waals surface area contributed by atoms with Gasteiger partial charge in [0.2, 0.25) is 0 Å². The van der Waals surface area contributed by atoms with Crippen molar-refractivity contribution in [1.29, 1.82) is 0 Å². The molecule has 8 nitrogen and oxygen atoms in total. The number of carbonyl (C=O) groups is 2. The lowest BCUT2D eigenvalue weighted by atomic mass is 10.1. The number of anilines is 2. The van der Waals surface area contributed by atoms with Crippen LogP contribution in [0.15, 0.2) is 42.5 Å². The summed E-state index contributed by atoms with van der Waals surface area (Å²) in [6.45, 7) is 2.98. The number of benzene rings is 2. The predicted octanol–water partition coefficient (Wildman–Crippen LogP) is 3.52. The Morgan fingerprint density at radius 3 is 2.48 bits per heavy atom. The predicted molar refractivity (Wildman–Crippen MR) is 115 cm³/mol. The molecule has 150 valence electrons. The quantitative estimate of drug-likeness (QED) is 0.335. The zero-order valence-electron chi connectivity index (χ0n) is 15.8. The van der Waals surface area contributed by atoms with Gasteiger partial charge in [0, 0.05) is 36.0 Å². The van der Waals surface area contributed by atoms with Crippen LogP contribution < -0.4 is 15.5 Å². The first-order chi connectivity index (χ1) is 13.8. The SMILES string of the molecule is CC(=O)c1cccc(NC(=S)NC(=O)c2ccc(N3CCCC3)c([N+](=O)[O-])c2)c1. The van der Waals surface area contributed by atoms with Gasteiger partial charge in [0.1, 0.15) is 5.69 Å². The Hall–Kier alpha value is -3.33. The summed E-state index contributed by atoms with van der Waals surface area (Å²) in [5.41, 5.74) is 1.62. The summed E-state index contributed by atoms with van der Waals surface area (Å²) in [6, 6.07) is 11.1. The van der Waals surface area contributed by atoms with Gasteiger partial charge in [0.15, 0.2) is 10.9 Å². The van der Waals surface area contributed by atoms with E-state index in [-0.39, 0.29) is 22.1 Å². The fourth-order valence-electron chi connectivity index (χ4n) is 3.19. The third-order valence-electron chi connectivity index (χ3n) is 4.64. The van der Waals surface area contributed by atoms with E-state index in [1.807, 2.05) is 4.90 Å². The molecular weight excluding hydrogens is 392 g/mol. The summed E-state index contributed by atoms with van der Waals surface area (Å²) in [5.74, 6) is -0.643. The molecule has 1 saturated heterocycles. The molecule has 1 aliphatic rings. The van der Waals surface area contributed by atoms with Gasteiger partial charge in [0.05, 0.1) is 4.92 Å². The smallest absolute Gasteiger partial charge is 0.293 e. The third kappa shape index (κ3) is 4.94. The lowest BCUT2D eigenvalue weighted by Gasteiger charge is -2.18. The number of hydrogen-bond donors (Lipinski definition) is 2. The monoisotopic (exact) mass is 412 g/mol. The second-order valence-corrected chi connectivity index (χ2v) is 7.11. The summed E-state index contributed by atoms with van der Waals surface area (Å²) in [5, 5.41) is 16.9. The van der Waals surface area contributed by atoms with E-state index in [0.29, 0.717) is 16.9 Å².